The summed E-state index contributed by atoms with van der Waals surface area (Å²) in [5, 5.41) is 0. The van der Waals surface area contributed by atoms with Gasteiger partial charge in [-0.1, -0.05) is 53.1 Å². The van der Waals surface area contributed by atoms with E-state index in [9.17, 15) is 4.79 Å². The molecule has 0 fully saturated rings. The summed E-state index contributed by atoms with van der Waals surface area (Å²) >= 11 is 0. The molecule has 98 valence electrons. The van der Waals surface area contributed by atoms with E-state index >= 15 is 0 Å². The fourth-order valence-electron chi connectivity index (χ4n) is 2.43. The Morgan fingerprint density at radius 3 is 2.21 bits per heavy atom. The van der Waals surface area contributed by atoms with Gasteiger partial charge in [0.15, 0.2) is 5.78 Å². The van der Waals surface area contributed by atoms with E-state index in [2.05, 4.69) is 32.0 Å². The molecule has 2 aromatic rings. The van der Waals surface area contributed by atoms with Crippen LogP contribution in [0.3, 0.4) is 0 Å². The smallest absolute Gasteiger partial charge is 0.163 e. The van der Waals surface area contributed by atoms with Gasteiger partial charge in [-0.15, -0.1) is 0 Å². The predicted molar refractivity (Wildman–Crippen MR) is 79.7 cm³/mol. The van der Waals surface area contributed by atoms with Crippen LogP contribution >= 0.6 is 0 Å². The fourth-order valence-corrected chi connectivity index (χ4v) is 2.43. The van der Waals surface area contributed by atoms with E-state index in [0.29, 0.717) is 6.42 Å². The van der Waals surface area contributed by atoms with E-state index in [-0.39, 0.29) is 5.78 Å². The minimum Gasteiger partial charge on any atom is -0.294 e. The van der Waals surface area contributed by atoms with Gasteiger partial charge < -0.3 is 0 Å². The summed E-state index contributed by atoms with van der Waals surface area (Å²) in [5.74, 6) is 0.225. The van der Waals surface area contributed by atoms with Crippen LogP contribution in [0, 0.1) is 20.8 Å². The van der Waals surface area contributed by atoms with Crippen LogP contribution in [0.15, 0.2) is 42.5 Å². The molecule has 0 atom stereocenters. The lowest BCUT2D eigenvalue weighted by atomic mass is 9.99. The van der Waals surface area contributed by atoms with Gasteiger partial charge in [-0.05, 0) is 38.8 Å². The van der Waals surface area contributed by atoms with Crippen LogP contribution in [0.1, 0.15) is 39.0 Å². The number of Topliss-reactive ketones (excluding diaryl/α,β-unsaturated/α-hetero) is 1. The Morgan fingerprint density at radius 2 is 1.58 bits per heavy atom. The van der Waals surface area contributed by atoms with Gasteiger partial charge in [-0.2, -0.15) is 0 Å². The molecule has 0 bridgehead atoms. The van der Waals surface area contributed by atoms with Gasteiger partial charge in [-0.25, -0.2) is 0 Å². The number of benzene rings is 2. The molecule has 0 heterocycles. The first-order chi connectivity index (χ1) is 9.04. The molecule has 0 radical (unpaired) electrons. The Labute approximate surface area is 115 Å². The van der Waals surface area contributed by atoms with Crippen LogP contribution in [0.25, 0.3) is 0 Å². The van der Waals surface area contributed by atoms with E-state index in [1.54, 1.807) is 0 Å². The number of ketones is 1. The highest BCUT2D eigenvalue weighted by atomic mass is 16.1. The van der Waals surface area contributed by atoms with Gasteiger partial charge in [0.25, 0.3) is 0 Å². The van der Waals surface area contributed by atoms with Gasteiger partial charge in [0.05, 0.1) is 0 Å². The maximum absolute atomic E-state index is 12.1. The Bertz CT molecular complexity index is 576. The van der Waals surface area contributed by atoms with Crippen molar-refractivity contribution in [2.75, 3.05) is 0 Å². The van der Waals surface area contributed by atoms with Crippen LogP contribution < -0.4 is 0 Å². The Kier molecular flexibility index (Phi) is 4.16. The quantitative estimate of drug-likeness (QED) is 0.736. The lowest BCUT2D eigenvalue weighted by molar-refractivity contribution is 0.0982. The molecule has 0 aliphatic rings. The van der Waals surface area contributed by atoms with Gasteiger partial charge in [0, 0.05) is 12.0 Å². The minimum atomic E-state index is 0.225. The molecule has 0 spiro atoms. The lowest BCUT2D eigenvalue weighted by Crippen LogP contribution is -2.01. The molecule has 0 aliphatic carbocycles. The molecule has 0 N–H and O–H groups in total. The number of carbonyl (C=O) groups is 1. The molecule has 2 aromatic carbocycles. The molecular formula is C18H20O. The second kappa shape index (κ2) is 5.83. The van der Waals surface area contributed by atoms with Gasteiger partial charge in [0.1, 0.15) is 0 Å². The van der Waals surface area contributed by atoms with Crippen molar-refractivity contribution >= 4 is 5.78 Å². The maximum atomic E-state index is 12.1. The summed E-state index contributed by atoms with van der Waals surface area (Å²) < 4.78 is 0. The molecule has 2 rings (SSSR count). The van der Waals surface area contributed by atoms with E-state index in [1.807, 2.05) is 31.2 Å². The molecule has 0 unspecified atom stereocenters. The second-order valence-corrected chi connectivity index (χ2v) is 5.29. The van der Waals surface area contributed by atoms with Crippen LogP contribution in [-0.4, -0.2) is 5.78 Å². The zero-order chi connectivity index (χ0) is 13.8. The molecule has 0 aliphatic heterocycles. The number of hydrogen-bond acceptors (Lipinski definition) is 1. The van der Waals surface area contributed by atoms with Gasteiger partial charge in [-0.3, -0.25) is 4.79 Å². The first-order valence-corrected chi connectivity index (χ1v) is 6.71. The zero-order valence-corrected chi connectivity index (χ0v) is 11.9. The average Bonchev–Trinajstić information content (AvgIpc) is 2.35. The Morgan fingerprint density at radius 1 is 0.895 bits per heavy atom. The lowest BCUT2D eigenvalue weighted by Gasteiger charge is -2.05. The first-order valence-electron chi connectivity index (χ1n) is 6.71. The number of rotatable bonds is 4. The van der Waals surface area contributed by atoms with E-state index in [1.165, 1.54) is 16.7 Å². The third kappa shape index (κ3) is 3.78. The summed E-state index contributed by atoms with van der Waals surface area (Å²) in [6, 6.07) is 14.3. The maximum Gasteiger partial charge on any atom is 0.163 e. The van der Waals surface area contributed by atoms with E-state index in [4.69, 9.17) is 0 Å². The van der Waals surface area contributed by atoms with Crippen molar-refractivity contribution in [3.63, 3.8) is 0 Å². The van der Waals surface area contributed by atoms with Crippen molar-refractivity contribution < 1.29 is 4.79 Å². The average molecular weight is 252 g/mol. The van der Waals surface area contributed by atoms with Crippen molar-refractivity contribution in [3.8, 4) is 0 Å². The van der Waals surface area contributed by atoms with Crippen molar-refractivity contribution in [1.29, 1.82) is 0 Å². The summed E-state index contributed by atoms with van der Waals surface area (Å²) in [6.07, 6.45) is 1.39. The predicted octanol–water partition coefficient (Wildman–Crippen LogP) is 4.43. The normalized spacial score (nSPS) is 10.5. The standard InChI is InChI=1S/C18H20O/c1-13-5-4-6-17(12-13)18(19)8-7-16-10-14(2)9-15(3)11-16/h4-6,9-12H,7-8H2,1-3H3. The largest absolute Gasteiger partial charge is 0.294 e. The van der Waals surface area contributed by atoms with E-state index < -0.39 is 0 Å². The van der Waals surface area contributed by atoms with Gasteiger partial charge >= 0.3 is 0 Å². The van der Waals surface area contributed by atoms with Crippen molar-refractivity contribution in [1.82, 2.24) is 0 Å². The summed E-state index contributed by atoms with van der Waals surface area (Å²) in [4.78, 5) is 12.1. The van der Waals surface area contributed by atoms with Crippen LogP contribution in [0.5, 0.6) is 0 Å². The van der Waals surface area contributed by atoms with Crippen molar-refractivity contribution in [3.05, 3.63) is 70.3 Å². The summed E-state index contributed by atoms with van der Waals surface area (Å²) in [7, 11) is 0. The van der Waals surface area contributed by atoms with Crippen LogP contribution in [0.4, 0.5) is 0 Å². The topological polar surface area (TPSA) is 17.1 Å². The monoisotopic (exact) mass is 252 g/mol. The van der Waals surface area contributed by atoms with Crippen LogP contribution in [0.2, 0.25) is 0 Å². The fraction of sp³-hybridized carbons (Fsp3) is 0.278. The van der Waals surface area contributed by atoms with Gasteiger partial charge in [0.2, 0.25) is 0 Å². The minimum absolute atomic E-state index is 0.225. The van der Waals surface area contributed by atoms with Crippen molar-refractivity contribution in [2.45, 2.75) is 33.6 Å². The Hall–Kier alpha value is -1.89. The highest BCUT2D eigenvalue weighted by molar-refractivity contribution is 5.96. The molecule has 0 saturated carbocycles. The van der Waals surface area contributed by atoms with Crippen molar-refractivity contribution in [2.24, 2.45) is 0 Å². The molecule has 0 amide bonds. The number of carbonyl (C=O) groups excluding carboxylic acids is 1. The third-order valence-corrected chi connectivity index (χ3v) is 3.26. The Balaban J connectivity index is 2.04. The molecular weight excluding hydrogens is 232 g/mol. The summed E-state index contributed by atoms with van der Waals surface area (Å²) in [5.41, 5.74) is 5.73. The number of hydrogen-bond donors (Lipinski definition) is 0. The third-order valence-electron chi connectivity index (χ3n) is 3.26. The highest BCUT2D eigenvalue weighted by Crippen LogP contribution is 2.13. The molecule has 1 heteroatoms. The van der Waals surface area contributed by atoms with Crippen LogP contribution in [-0.2, 0) is 6.42 Å². The highest BCUT2D eigenvalue weighted by Gasteiger charge is 2.06. The SMILES string of the molecule is Cc1cc(C)cc(CCC(=O)c2cccc(C)c2)c1. The molecule has 0 saturated heterocycles. The zero-order valence-electron chi connectivity index (χ0n) is 11.9. The molecule has 0 aromatic heterocycles. The van der Waals surface area contributed by atoms with E-state index in [0.717, 1.165) is 17.5 Å². The first kappa shape index (κ1) is 13.5. The molecule has 1 nitrogen and oxygen atoms in total. The number of aryl methyl sites for hydroxylation is 4. The second-order valence-electron chi connectivity index (χ2n) is 5.29. The summed E-state index contributed by atoms with van der Waals surface area (Å²) in [6.45, 7) is 6.21. The molecule has 19 heavy (non-hydrogen) atoms.